The molecule has 0 saturated carbocycles. The average molecular weight is 186 g/mol. The minimum atomic E-state index is -0.245. The zero-order valence-electron chi connectivity index (χ0n) is 7.86. The molecule has 0 spiro atoms. The van der Waals surface area contributed by atoms with Crippen LogP contribution in [0.25, 0.3) is 0 Å². The van der Waals surface area contributed by atoms with Gasteiger partial charge in [0.15, 0.2) is 6.29 Å². The van der Waals surface area contributed by atoms with Crippen molar-refractivity contribution < 1.29 is 19.0 Å². The molecular weight excluding hydrogens is 172 g/mol. The van der Waals surface area contributed by atoms with Crippen molar-refractivity contribution in [1.82, 2.24) is 0 Å². The summed E-state index contributed by atoms with van der Waals surface area (Å²) in [5, 5.41) is 0. The number of cyclic esters (lactones) is 1. The Balaban J connectivity index is 0.000000145. The largest absolute Gasteiger partial charge is 0.431 e. The molecule has 0 aliphatic carbocycles. The first kappa shape index (κ1) is 10.2. The van der Waals surface area contributed by atoms with Crippen LogP contribution in [0, 0.1) is 5.92 Å². The monoisotopic (exact) mass is 186 g/mol. The summed E-state index contributed by atoms with van der Waals surface area (Å²) in [5.74, 6) is 0.361. The molecule has 0 radical (unpaired) electrons. The lowest BCUT2D eigenvalue weighted by Crippen LogP contribution is -2.39. The third kappa shape index (κ3) is 3.16. The second-order valence-corrected chi connectivity index (χ2v) is 2.87. The van der Waals surface area contributed by atoms with Crippen LogP contribution in [0.1, 0.15) is 13.8 Å². The second-order valence-electron chi connectivity index (χ2n) is 2.87. The normalized spacial score (nSPS) is 29.2. The highest BCUT2D eigenvalue weighted by molar-refractivity contribution is 5.86. The van der Waals surface area contributed by atoms with E-state index in [1.165, 1.54) is 12.3 Å². The zero-order chi connectivity index (χ0) is 9.68. The topological polar surface area (TPSA) is 44.8 Å². The lowest BCUT2D eigenvalue weighted by atomic mass is 10.1. The fourth-order valence-electron chi connectivity index (χ4n) is 0.867. The summed E-state index contributed by atoms with van der Waals surface area (Å²) < 4.78 is 14.3. The van der Waals surface area contributed by atoms with E-state index >= 15 is 0 Å². The Morgan fingerprint density at radius 3 is 2.38 bits per heavy atom. The Hall–Kier alpha value is -0.870. The molecule has 4 heteroatoms. The SMILES string of the molecule is CCOC1OCC1C.O=C1C=CO1. The van der Waals surface area contributed by atoms with Crippen LogP contribution in [0.5, 0.6) is 0 Å². The van der Waals surface area contributed by atoms with Crippen molar-refractivity contribution in [2.45, 2.75) is 20.1 Å². The first-order valence-electron chi connectivity index (χ1n) is 4.34. The third-order valence-electron chi connectivity index (χ3n) is 1.71. The Labute approximate surface area is 77.5 Å². The molecule has 2 atom stereocenters. The van der Waals surface area contributed by atoms with Gasteiger partial charge in [0.05, 0.1) is 12.7 Å². The zero-order valence-corrected chi connectivity index (χ0v) is 7.86. The summed E-state index contributed by atoms with van der Waals surface area (Å²) in [6, 6.07) is 0. The maximum absolute atomic E-state index is 9.59. The van der Waals surface area contributed by atoms with Crippen LogP contribution in [0.15, 0.2) is 12.3 Å². The highest BCUT2D eigenvalue weighted by Gasteiger charge is 2.27. The minimum Gasteiger partial charge on any atom is -0.431 e. The number of hydrogen-bond donors (Lipinski definition) is 0. The summed E-state index contributed by atoms with van der Waals surface area (Å²) in [6.07, 6.45) is 2.81. The molecule has 1 fully saturated rings. The van der Waals surface area contributed by atoms with Gasteiger partial charge in [0, 0.05) is 12.5 Å². The molecule has 74 valence electrons. The lowest BCUT2D eigenvalue weighted by molar-refractivity contribution is -0.251. The second kappa shape index (κ2) is 4.99. The molecule has 0 N–H and O–H groups in total. The van der Waals surface area contributed by atoms with Gasteiger partial charge in [-0.15, -0.1) is 0 Å². The number of carbonyl (C=O) groups excluding carboxylic acids is 1. The van der Waals surface area contributed by atoms with Crippen molar-refractivity contribution in [3.63, 3.8) is 0 Å². The van der Waals surface area contributed by atoms with E-state index in [2.05, 4.69) is 11.7 Å². The van der Waals surface area contributed by atoms with Crippen LogP contribution in [0.4, 0.5) is 0 Å². The lowest BCUT2D eigenvalue weighted by Gasteiger charge is -2.33. The fourth-order valence-corrected chi connectivity index (χ4v) is 0.867. The predicted octanol–water partition coefficient (Wildman–Crippen LogP) is 1.07. The summed E-state index contributed by atoms with van der Waals surface area (Å²) in [5.41, 5.74) is 0. The highest BCUT2D eigenvalue weighted by Crippen LogP contribution is 2.19. The van der Waals surface area contributed by atoms with Crippen molar-refractivity contribution in [2.75, 3.05) is 13.2 Å². The van der Waals surface area contributed by atoms with Crippen LogP contribution < -0.4 is 0 Å². The van der Waals surface area contributed by atoms with Gasteiger partial charge in [-0.3, -0.25) is 0 Å². The van der Waals surface area contributed by atoms with Crippen molar-refractivity contribution in [3.05, 3.63) is 12.3 Å². The Bertz CT molecular complexity index is 200. The highest BCUT2D eigenvalue weighted by atomic mass is 16.7. The van der Waals surface area contributed by atoms with E-state index in [-0.39, 0.29) is 12.3 Å². The molecule has 0 aromatic heterocycles. The van der Waals surface area contributed by atoms with Gasteiger partial charge >= 0.3 is 5.97 Å². The van der Waals surface area contributed by atoms with Crippen molar-refractivity contribution in [1.29, 1.82) is 0 Å². The standard InChI is InChI=1S/C6H12O2.C3H2O2/c1-3-7-6-5(2)4-8-6;4-3-1-2-5-3/h5-6H,3-4H2,1-2H3;1-2H. The molecule has 2 heterocycles. The van der Waals surface area contributed by atoms with Gasteiger partial charge in [0.1, 0.15) is 6.26 Å². The van der Waals surface area contributed by atoms with E-state index in [1.54, 1.807) is 0 Å². The quantitative estimate of drug-likeness (QED) is 0.605. The first-order valence-corrected chi connectivity index (χ1v) is 4.34. The molecule has 0 bridgehead atoms. The summed E-state index contributed by atoms with van der Waals surface area (Å²) in [6.45, 7) is 5.73. The molecular formula is C9H14O4. The maximum Gasteiger partial charge on any atom is 0.338 e. The van der Waals surface area contributed by atoms with Crippen LogP contribution in [0.3, 0.4) is 0 Å². The number of carbonyl (C=O) groups is 1. The minimum absolute atomic E-state index is 0.0972. The molecule has 13 heavy (non-hydrogen) atoms. The molecule has 0 aromatic rings. The molecule has 0 amide bonds. The molecule has 4 nitrogen and oxygen atoms in total. The van der Waals surface area contributed by atoms with Crippen molar-refractivity contribution >= 4 is 5.97 Å². The molecule has 2 aliphatic heterocycles. The smallest absolute Gasteiger partial charge is 0.338 e. The van der Waals surface area contributed by atoms with Gasteiger partial charge in [-0.25, -0.2) is 4.79 Å². The molecule has 1 saturated heterocycles. The molecule has 2 unspecified atom stereocenters. The summed E-state index contributed by atoms with van der Waals surface area (Å²) in [4.78, 5) is 9.59. The number of esters is 1. The van der Waals surface area contributed by atoms with Gasteiger partial charge in [0.2, 0.25) is 0 Å². The van der Waals surface area contributed by atoms with E-state index in [1.807, 2.05) is 6.92 Å². The predicted molar refractivity (Wildman–Crippen MR) is 45.8 cm³/mol. The van der Waals surface area contributed by atoms with Gasteiger partial charge in [-0.05, 0) is 6.92 Å². The maximum atomic E-state index is 9.59. The van der Waals surface area contributed by atoms with Crippen molar-refractivity contribution in [3.8, 4) is 0 Å². The number of ether oxygens (including phenoxy) is 3. The van der Waals surface area contributed by atoms with Gasteiger partial charge in [-0.2, -0.15) is 0 Å². The van der Waals surface area contributed by atoms with Crippen LogP contribution in [-0.4, -0.2) is 25.5 Å². The van der Waals surface area contributed by atoms with E-state index in [0.29, 0.717) is 5.92 Å². The summed E-state index contributed by atoms with van der Waals surface area (Å²) >= 11 is 0. The van der Waals surface area contributed by atoms with Crippen LogP contribution in [-0.2, 0) is 19.0 Å². The van der Waals surface area contributed by atoms with Gasteiger partial charge in [-0.1, -0.05) is 6.92 Å². The van der Waals surface area contributed by atoms with E-state index in [4.69, 9.17) is 9.47 Å². The van der Waals surface area contributed by atoms with E-state index < -0.39 is 0 Å². The summed E-state index contributed by atoms with van der Waals surface area (Å²) in [7, 11) is 0. The van der Waals surface area contributed by atoms with Crippen LogP contribution in [0.2, 0.25) is 0 Å². The van der Waals surface area contributed by atoms with Crippen LogP contribution >= 0.6 is 0 Å². The Kier molecular flexibility index (Phi) is 3.92. The van der Waals surface area contributed by atoms with Gasteiger partial charge < -0.3 is 14.2 Å². The first-order chi connectivity index (χ1) is 6.24. The van der Waals surface area contributed by atoms with E-state index in [0.717, 1.165) is 13.2 Å². The Morgan fingerprint density at radius 1 is 1.69 bits per heavy atom. The fraction of sp³-hybridized carbons (Fsp3) is 0.667. The van der Waals surface area contributed by atoms with E-state index in [9.17, 15) is 4.79 Å². The third-order valence-corrected chi connectivity index (χ3v) is 1.71. The number of rotatable bonds is 2. The van der Waals surface area contributed by atoms with Crippen molar-refractivity contribution in [2.24, 2.45) is 5.92 Å². The molecule has 2 aliphatic rings. The number of hydrogen-bond acceptors (Lipinski definition) is 4. The Morgan fingerprint density at radius 2 is 2.31 bits per heavy atom. The molecule has 0 aromatic carbocycles. The van der Waals surface area contributed by atoms with Gasteiger partial charge in [0.25, 0.3) is 0 Å². The average Bonchev–Trinajstić information content (AvgIpc) is 2.09. The molecule has 2 rings (SSSR count).